The van der Waals surface area contributed by atoms with Crippen molar-refractivity contribution >= 4 is 23.0 Å². The number of aryl methyl sites for hydroxylation is 1. The van der Waals surface area contributed by atoms with Crippen LogP contribution in [0.3, 0.4) is 0 Å². The highest BCUT2D eigenvalue weighted by atomic mass is 32.1. The molecule has 1 heterocycles. The number of esters is 1. The summed E-state index contributed by atoms with van der Waals surface area (Å²) in [5.41, 5.74) is 1.49. The van der Waals surface area contributed by atoms with Crippen molar-refractivity contribution in [3.8, 4) is 21.9 Å². The van der Waals surface area contributed by atoms with Gasteiger partial charge in [0.1, 0.15) is 11.5 Å². The zero-order chi connectivity index (χ0) is 19.2. The lowest BCUT2D eigenvalue weighted by atomic mass is 10.1. The molecule has 0 atom stereocenters. The zero-order valence-corrected chi connectivity index (χ0v) is 15.4. The summed E-state index contributed by atoms with van der Waals surface area (Å²) < 4.78 is 10.6. The summed E-state index contributed by atoms with van der Waals surface area (Å²) in [5, 5.41) is 12.9. The SMILES string of the molecule is COc1ccc(CCC(=O)Oc2ccc([N+](=O)[O-])cc2-c2cccs2)cc1. The molecule has 0 spiro atoms. The van der Waals surface area contributed by atoms with Crippen LogP contribution in [-0.2, 0) is 11.2 Å². The van der Waals surface area contributed by atoms with Crippen LogP contribution in [0.15, 0.2) is 60.0 Å². The van der Waals surface area contributed by atoms with E-state index in [9.17, 15) is 14.9 Å². The fourth-order valence-electron chi connectivity index (χ4n) is 2.56. The van der Waals surface area contributed by atoms with E-state index in [-0.39, 0.29) is 12.1 Å². The van der Waals surface area contributed by atoms with E-state index in [1.807, 2.05) is 41.8 Å². The molecule has 6 nitrogen and oxygen atoms in total. The first-order chi connectivity index (χ1) is 13.1. The summed E-state index contributed by atoms with van der Waals surface area (Å²) in [5.74, 6) is 0.688. The second-order valence-electron chi connectivity index (χ2n) is 5.74. The Kier molecular flexibility index (Phi) is 5.83. The number of carbonyl (C=O) groups excluding carboxylic acids is 1. The number of nitro benzene ring substituents is 1. The highest BCUT2D eigenvalue weighted by Crippen LogP contribution is 2.36. The van der Waals surface area contributed by atoms with E-state index >= 15 is 0 Å². The predicted octanol–water partition coefficient (Wildman–Crippen LogP) is 4.87. The average molecular weight is 383 g/mol. The van der Waals surface area contributed by atoms with Crippen LogP contribution in [0.25, 0.3) is 10.4 Å². The molecule has 3 rings (SSSR count). The number of benzene rings is 2. The van der Waals surface area contributed by atoms with E-state index in [1.54, 1.807) is 7.11 Å². The van der Waals surface area contributed by atoms with E-state index in [2.05, 4.69) is 0 Å². The van der Waals surface area contributed by atoms with E-state index < -0.39 is 10.9 Å². The first kappa shape index (κ1) is 18.6. The van der Waals surface area contributed by atoms with E-state index in [0.717, 1.165) is 16.2 Å². The molecule has 0 bridgehead atoms. The molecule has 7 heteroatoms. The van der Waals surface area contributed by atoms with E-state index in [4.69, 9.17) is 9.47 Å². The Labute approximate surface area is 160 Å². The van der Waals surface area contributed by atoms with Gasteiger partial charge in [-0.15, -0.1) is 11.3 Å². The molecule has 0 amide bonds. The monoisotopic (exact) mass is 383 g/mol. The van der Waals surface area contributed by atoms with Crippen molar-refractivity contribution in [1.29, 1.82) is 0 Å². The van der Waals surface area contributed by atoms with Crippen LogP contribution in [-0.4, -0.2) is 18.0 Å². The number of carbonyl (C=O) groups is 1. The van der Waals surface area contributed by atoms with E-state index in [1.165, 1.54) is 29.5 Å². The average Bonchev–Trinajstić information content (AvgIpc) is 3.21. The van der Waals surface area contributed by atoms with Crippen LogP contribution in [0.5, 0.6) is 11.5 Å². The van der Waals surface area contributed by atoms with Crippen LogP contribution in [0.1, 0.15) is 12.0 Å². The third kappa shape index (κ3) is 4.71. The van der Waals surface area contributed by atoms with Crippen molar-refractivity contribution in [3.05, 3.63) is 75.7 Å². The fraction of sp³-hybridized carbons (Fsp3) is 0.150. The Morgan fingerprint density at radius 1 is 1.15 bits per heavy atom. The Balaban J connectivity index is 1.72. The number of hydrogen-bond acceptors (Lipinski definition) is 6. The summed E-state index contributed by atoms with van der Waals surface area (Å²) in [6.45, 7) is 0. The minimum atomic E-state index is -0.466. The Morgan fingerprint density at radius 2 is 1.93 bits per heavy atom. The molecule has 0 unspecified atom stereocenters. The maximum Gasteiger partial charge on any atom is 0.311 e. The summed E-state index contributed by atoms with van der Waals surface area (Å²) >= 11 is 1.43. The second-order valence-corrected chi connectivity index (χ2v) is 6.68. The number of hydrogen-bond donors (Lipinski definition) is 0. The van der Waals surface area contributed by atoms with Gasteiger partial charge < -0.3 is 9.47 Å². The summed E-state index contributed by atoms with van der Waals surface area (Å²) in [6, 6.07) is 15.4. The Hall–Kier alpha value is -3.19. The van der Waals surface area contributed by atoms with Gasteiger partial charge in [-0.05, 0) is 41.6 Å². The largest absolute Gasteiger partial charge is 0.497 e. The smallest absolute Gasteiger partial charge is 0.311 e. The lowest BCUT2D eigenvalue weighted by molar-refractivity contribution is -0.384. The second kappa shape index (κ2) is 8.46. The van der Waals surface area contributed by atoms with Crippen LogP contribution in [0.4, 0.5) is 5.69 Å². The molecule has 138 valence electrons. The molecule has 0 saturated heterocycles. The topological polar surface area (TPSA) is 78.7 Å². The van der Waals surface area contributed by atoms with E-state index in [0.29, 0.717) is 17.7 Å². The first-order valence-electron chi connectivity index (χ1n) is 8.23. The van der Waals surface area contributed by atoms with Crippen molar-refractivity contribution in [2.45, 2.75) is 12.8 Å². The highest BCUT2D eigenvalue weighted by Gasteiger charge is 2.16. The van der Waals surface area contributed by atoms with Gasteiger partial charge in [0, 0.05) is 29.0 Å². The molecule has 2 aromatic carbocycles. The summed E-state index contributed by atoms with van der Waals surface area (Å²) in [7, 11) is 1.60. The van der Waals surface area contributed by atoms with Gasteiger partial charge in [-0.25, -0.2) is 0 Å². The van der Waals surface area contributed by atoms with Gasteiger partial charge in [0.25, 0.3) is 5.69 Å². The van der Waals surface area contributed by atoms with Gasteiger partial charge in [0.2, 0.25) is 0 Å². The Morgan fingerprint density at radius 3 is 2.56 bits per heavy atom. The fourth-order valence-corrected chi connectivity index (χ4v) is 3.30. The molecule has 3 aromatic rings. The molecule has 0 aliphatic carbocycles. The number of non-ortho nitro benzene ring substituents is 1. The van der Waals surface area contributed by atoms with Crippen molar-refractivity contribution in [3.63, 3.8) is 0 Å². The van der Waals surface area contributed by atoms with Crippen molar-refractivity contribution < 1.29 is 19.2 Å². The van der Waals surface area contributed by atoms with Gasteiger partial charge in [-0.1, -0.05) is 18.2 Å². The minimum absolute atomic E-state index is 0.0450. The van der Waals surface area contributed by atoms with Gasteiger partial charge in [-0.2, -0.15) is 0 Å². The van der Waals surface area contributed by atoms with Crippen molar-refractivity contribution in [2.75, 3.05) is 7.11 Å². The van der Waals surface area contributed by atoms with Gasteiger partial charge >= 0.3 is 5.97 Å². The lowest BCUT2D eigenvalue weighted by Gasteiger charge is -2.09. The molecule has 0 radical (unpaired) electrons. The zero-order valence-electron chi connectivity index (χ0n) is 14.6. The standard InChI is InChI=1S/C20H17NO5S/c1-25-16-8-4-14(5-9-16)6-11-20(22)26-18-10-7-15(21(23)24)13-17(18)19-3-2-12-27-19/h2-5,7-10,12-13H,6,11H2,1H3. The third-order valence-corrected chi connectivity index (χ3v) is 4.86. The highest BCUT2D eigenvalue weighted by molar-refractivity contribution is 7.13. The van der Waals surface area contributed by atoms with Gasteiger partial charge in [0.05, 0.1) is 12.0 Å². The lowest BCUT2D eigenvalue weighted by Crippen LogP contribution is -2.09. The van der Waals surface area contributed by atoms with Crippen molar-refractivity contribution in [2.24, 2.45) is 0 Å². The Bertz CT molecular complexity index is 936. The predicted molar refractivity (Wildman–Crippen MR) is 103 cm³/mol. The molecular formula is C20H17NO5S. The number of thiophene rings is 1. The normalized spacial score (nSPS) is 10.4. The summed E-state index contributed by atoms with van der Waals surface area (Å²) in [4.78, 5) is 23.7. The maximum absolute atomic E-state index is 12.3. The molecule has 0 saturated carbocycles. The first-order valence-corrected chi connectivity index (χ1v) is 9.10. The molecule has 0 aliphatic rings. The van der Waals surface area contributed by atoms with Crippen LogP contribution >= 0.6 is 11.3 Å². The van der Waals surface area contributed by atoms with Crippen molar-refractivity contribution in [1.82, 2.24) is 0 Å². The number of nitrogens with zero attached hydrogens (tertiary/aromatic N) is 1. The molecular weight excluding hydrogens is 366 g/mol. The third-order valence-electron chi connectivity index (χ3n) is 3.96. The molecule has 1 aromatic heterocycles. The molecule has 0 fully saturated rings. The van der Waals surface area contributed by atoms with Crippen LogP contribution in [0.2, 0.25) is 0 Å². The number of rotatable bonds is 7. The summed E-state index contributed by atoms with van der Waals surface area (Å²) in [6.07, 6.45) is 0.733. The van der Waals surface area contributed by atoms with Crippen LogP contribution < -0.4 is 9.47 Å². The molecule has 27 heavy (non-hydrogen) atoms. The van der Waals surface area contributed by atoms with Crippen LogP contribution in [0, 0.1) is 10.1 Å². The number of methoxy groups -OCH3 is 1. The minimum Gasteiger partial charge on any atom is -0.497 e. The molecule has 0 N–H and O–H groups in total. The van der Waals surface area contributed by atoms with Gasteiger partial charge in [0.15, 0.2) is 0 Å². The quantitative estimate of drug-likeness (QED) is 0.252. The molecule has 0 aliphatic heterocycles. The number of ether oxygens (including phenoxy) is 2. The maximum atomic E-state index is 12.3. The van der Waals surface area contributed by atoms with Gasteiger partial charge in [-0.3, -0.25) is 14.9 Å². The number of nitro groups is 1.